The largest absolute Gasteiger partial charge is 0.371 e. The first-order chi connectivity index (χ1) is 7.34. The monoisotopic (exact) mass is 208 g/mol. The minimum atomic E-state index is 0.715. The molecule has 2 aliphatic rings. The van der Waals surface area contributed by atoms with Crippen molar-refractivity contribution in [3.8, 4) is 0 Å². The summed E-state index contributed by atoms with van der Waals surface area (Å²) in [5, 5.41) is 3.67. The van der Waals surface area contributed by atoms with Crippen LogP contribution in [0.5, 0.6) is 0 Å². The highest BCUT2D eigenvalue weighted by atomic mass is 15.0. The fourth-order valence-corrected chi connectivity index (χ4v) is 2.68. The van der Waals surface area contributed by atoms with Crippen molar-refractivity contribution in [3.63, 3.8) is 0 Å². The van der Waals surface area contributed by atoms with E-state index < -0.39 is 0 Å². The lowest BCUT2D eigenvalue weighted by molar-refractivity contribution is 0.486. The zero-order chi connectivity index (χ0) is 10.5. The Bertz CT molecular complexity index is 223. The van der Waals surface area contributed by atoms with Crippen LogP contribution in [0.2, 0.25) is 0 Å². The molecule has 2 rings (SSSR count). The van der Waals surface area contributed by atoms with E-state index in [0.717, 1.165) is 12.5 Å². The van der Waals surface area contributed by atoms with Gasteiger partial charge in [0, 0.05) is 19.0 Å². The van der Waals surface area contributed by atoms with Crippen molar-refractivity contribution >= 4 is 5.84 Å². The second-order valence-corrected chi connectivity index (χ2v) is 5.24. The van der Waals surface area contributed by atoms with Gasteiger partial charge in [0.05, 0.1) is 5.84 Å². The van der Waals surface area contributed by atoms with Crippen molar-refractivity contribution in [3.05, 3.63) is 0 Å². The van der Waals surface area contributed by atoms with E-state index in [1.807, 2.05) is 0 Å². The molecule has 1 fully saturated rings. The molecule has 0 aromatic carbocycles. The Morgan fingerprint density at radius 2 is 2.00 bits per heavy atom. The quantitative estimate of drug-likeness (QED) is 0.658. The third kappa shape index (κ3) is 3.51. The van der Waals surface area contributed by atoms with E-state index in [-0.39, 0.29) is 0 Å². The van der Waals surface area contributed by atoms with Crippen molar-refractivity contribution < 1.29 is 0 Å². The molecule has 0 aromatic heterocycles. The van der Waals surface area contributed by atoms with Crippen LogP contribution >= 0.6 is 0 Å². The molecule has 1 heterocycles. The van der Waals surface area contributed by atoms with Gasteiger partial charge in [-0.05, 0) is 38.0 Å². The average Bonchev–Trinajstić information content (AvgIpc) is 2.46. The maximum absolute atomic E-state index is 4.58. The van der Waals surface area contributed by atoms with Gasteiger partial charge in [0.2, 0.25) is 0 Å². The van der Waals surface area contributed by atoms with Crippen molar-refractivity contribution in [2.75, 3.05) is 6.54 Å². The average molecular weight is 208 g/mol. The van der Waals surface area contributed by atoms with Gasteiger partial charge in [-0.25, -0.2) is 0 Å². The molecule has 86 valence electrons. The Hall–Kier alpha value is -0.530. The van der Waals surface area contributed by atoms with E-state index in [2.05, 4.69) is 17.2 Å². The molecular formula is C13H24N2. The van der Waals surface area contributed by atoms with Gasteiger partial charge < -0.3 is 5.32 Å². The number of rotatable bonds is 1. The molecular weight excluding hydrogens is 184 g/mol. The number of nitrogens with zero attached hydrogens (tertiary/aromatic N) is 1. The lowest BCUT2D eigenvalue weighted by atomic mass is 10.0. The number of hydrogen-bond acceptors (Lipinski definition) is 2. The van der Waals surface area contributed by atoms with E-state index in [1.165, 1.54) is 57.2 Å². The van der Waals surface area contributed by atoms with Crippen LogP contribution in [-0.2, 0) is 0 Å². The van der Waals surface area contributed by atoms with E-state index in [1.54, 1.807) is 0 Å². The Balaban J connectivity index is 1.80. The molecule has 0 radical (unpaired) electrons. The highest BCUT2D eigenvalue weighted by Gasteiger charge is 2.17. The molecule has 2 unspecified atom stereocenters. The lowest BCUT2D eigenvalue weighted by Crippen LogP contribution is -2.35. The zero-order valence-electron chi connectivity index (χ0n) is 9.97. The molecule has 0 amide bonds. The summed E-state index contributed by atoms with van der Waals surface area (Å²) in [6.07, 6.45) is 10.7. The molecule has 0 bridgehead atoms. The van der Waals surface area contributed by atoms with E-state index >= 15 is 0 Å². The summed E-state index contributed by atoms with van der Waals surface area (Å²) in [5.74, 6) is 2.23. The third-order valence-corrected chi connectivity index (χ3v) is 3.75. The van der Waals surface area contributed by atoms with Crippen molar-refractivity contribution in [2.45, 2.75) is 64.3 Å². The first-order valence-corrected chi connectivity index (χ1v) is 6.64. The predicted molar refractivity (Wildman–Crippen MR) is 65.3 cm³/mol. The normalized spacial score (nSPS) is 33.0. The van der Waals surface area contributed by atoms with Crippen LogP contribution in [0.4, 0.5) is 0 Å². The Kier molecular flexibility index (Phi) is 4.04. The summed E-state index contributed by atoms with van der Waals surface area (Å²) < 4.78 is 0. The highest BCUT2D eigenvalue weighted by Crippen LogP contribution is 2.23. The molecule has 1 saturated carbocycles. The molecule has 0 saturated heterocycles. The maximum Gasteiger partial charge on any atom is 0.0965 e. The second kappa shape index (κ2) is 5.53. The van der Waals surface area contributed by atoms with Gasteiger partial charge in [0.25, 0.3) is 0 Å². The SMILES string of the molecule is CC1CCCC(NC2=NCCCC2)CC1. The van der Waals surface area contributed by atoms with Gasteiger partial charge in [-0.15, -0.1) is 0 Å². The summed E-state index contributed by atoms with van der Waals surface area (Å²) in [6, 6.07) is 0.715. The second-order valence-electron chi connectivity index (χ2n) is 5.24. The van der Waals surface area contributed by atoms with Crippen LogP contribution in [0.1, 0.15) is 58.3 Å². The maximum atomic E-state index is 4.58. The molecule has 15 heavy (non-hydrogen) atoms. The Morgan fingerprint density at radius 1 is 1.07 bits per heavy atom. The molecule has 1 aliphatic carbocycles. The molecule has 2 heteroatoms. The lowest BCUT2D eigenvalue weighted by Gasteiger charge is -2.21. The zero-order valence-corrected chi connectivity index (χ0v) is 9.97. The molecule has 0 aromatic rings. The summed E-state index contributed by atoms with van der Waals surface area (Å²) in [6.45, 7) is 3.44. The first-order valence-electron chi connectivity index (χ1n) is 6.64. The smallest absolute Gasteiger partial charge is 0.0965 e. The van der Waals surface area contributed by atoms with Crippen LogP contribution in [0.15, 0.2) is 4.99 Å². The first kappa shape index (κ1) is 11.0. The van der Waals surface area contributed by atoms with Crippen molar-refractivity contribution in [1.82, 2.24) is 5.32 Å². The van der Waals surface area contributed by atoms with Gasteiger partial charge in [-0.1, -0.05) is 19.8 Å². The Morgan fingerprint density at radius 3 is 2.80 bits per heavy atom. The number of aliphatic imine (C=N–C) groups is 1. The van der Waals surface area contributed by atoms with Crippen LogP contribution in [0.3, 0.4) is 0 Å². The molecule has 2 nitrogen and oxygen atoms in total. The highest BCUT2D eigenvalue weighted by molar-refractivity contribution is 5.82. The van der Waals surface area contributed by atoms with Gasteiger partial charge in [-0.2, -0.15) is 0 Å². The van der Waals surface area contributed by atoms with Crippen molar-refractivity contribution in [1.29, 1.82) is 0 Å². The molecule has 2 atom stereocenters. The molecule has 1 N–H and O–H groups in total. The summed E-state index contributed by atoms with van der Waals surface area (Å²) in [5.41, 5.74) is 0. The van der Waals surface area contributed by atoms with E-state index in [0.29, 0.717) is 6.04 Å². The van der Waals surface area contributed by atoms with Crippen LogP contribution in [-0.4, -0.2) is 18.4 Å². The fraction of sp³-hybridized carbons (Fsp3) is 0.923. The summed E-state index contributed by atoms with van der Waals surface area (Å²) in [7, 11) is 0. The van der Waals surface area contributed by atoms with Crippen molar-refractivity contribution in [2.24, 2.45) is 10.9 Å². The number of amidine groups is 1. The van der Waals surface area contributed by atoms with Crippen LogP contribution < -0.4 is 5.32 Å². The minimum Gasteiger partial charge on any atom is -0.371 e. The summed E-state index contributed by atoms with van der Waals surface area (Å²) >= 11 is 0. The van der Waals surface area contributed by atoms with Gasteiger partial charge in [-0.3, -0.25) is 4.99 Å². The number of hydrogen-bond donors (Lipinski definition) is 1. The topological polar surface area (TPSA) is 24.4 Å². The van der Waals surface area contributed by atoms with Gasteiger partial charge >= 0.3 is 0 Å². The van der Waals surface area contributed by atoms with Crippen LogP contribution in [0, 0.1) is 5.92 Å². The Labute approximate surface area is 93.6 Å². The van der Waals surface area contributed by atoms with Gasteiger partial charge in [0.15, 0.2) is 0 Å². The van der Waals surface area contributed by atoms with E-state index in [4.69, 9.17) is 0 Å². The molecule has 0 spiro atoms. The summed E-state index contributed by atoms with van der Waals surface area (Å²) in [4.78, 5) is 4.58. The van der Waals surface area contributed by atoms with Crippen LogP contribution in [0.25, 0.3) is 0 Å². The van der Waals surface area contributed by atoms with E-state index in [9.17, 15) is 0 Å². The third-order valence-electron chi connectivity index (χ3n) is 3.75. The minimum absolute atomic E-state index is 0.715. The molecule has 1 aliphatic heterocycles. The fourth-order valence-electron chi connectivity index (χ4n) is 2.68. The number of nitrogens with one attached hydrogen (secondary N) is 1. The predicted octanol–water partition coefficient (Wildman–Crippen LogP) is 3.13. The van der Waals surface area contributed by atoms with Gasteiger partial charge in [0.1, 0.15) is 0 Å². The standard InChI is InChI=1S/C13H24N2/c1-11-5-4-6-12(9-8-11)15-13-7-2-3-10-14-13/h11-12H,2-10H2,1H3,(H,14,15).